The number of H-pyrrole nitrogens is 1. The molecular weight excluding hydrogens is 358 g/mol. The standard InChI is InChI=1S/C19H17N7O2/c20-8-11-1-6-14-16(7-11)25(10-22-14)18-21-9-15-17(24-18)26(19(28)23-15)12-2-4-13(27)5-3-12/h1,6-7,9-10,12-13,27H,2-5H2,(H,23,28). The van der Waals surface area contributed by atoms with Crippen LogP contribution in [0.5, 0.6) is 0 Å². The van der Waals surface area contributed by atoms with Gasteiger partial charge < -0.3 is 10.1 Å². The predicted molar refractivity (Wildman–Crippen MR) is 101 cm³/mol. The molecule has 140 valence electrons. The highest BCUT2D eigenvalue weighted by Crippen LogP contribution is 2.29. The summed E-state index contributed by atoms with van der Waals surface area (Å²) in [6.45, 7) is 0. The first-order valence-corrected chi connectivity index (χ1v) is 9.17. The molecule has 1 saturated carbocycles. The minimum Gasteiger partial charge on any atom is -0.393 e. The molecule has 0 radical (unpaired) electrons. The zero-order valence-electron chi connectivity index (χ0n) is 14.9. The summed E-state index contributed by atoms with van der Waals surface area (Å²) in [5.41, 5.74) is 2.87. The Labute approximate surface area is 158 Å². The van der Waals surface area contributed by atoms with Crippen LogP contribution in [0.3, 0.4) is 0 Å². The third kappa shape index (κ3) is 2.58. The quantitative estimate of drug-likeness (QED) is 0.550. The summed E-state index contributed by atoms with van der Waals surface area (Å²) in [5, 5.41) is 18.9. The van der Waals surface area contributed by atoms with Gasteiger partial charge in [0.1, 0.15) is 11.8 Å². The van der Waals surface area contributed by atoms with E-state index in [1.807, 2.05) is 0 Å². The van der Waals surface area contributed by atoms with Crippen molar-refractivity contribution < 1.29 is 5.11 Å². The van der Waals surface area contributed by atoms with Crippen LogP contribution in [0.25, 0.3) is 28.1 Å². The minimum atomic E-state index is -0.297. The molecule has 0 aliphatic heterocycles. The fourth-order valence-corrected chi connectivity index (χ4v) is 3.92. The van der Waals surface area contributed by atoms with E-state index in [4.69, 9.17) is 5.26 Å². The molecule has 28 heavy (non-hydrogen) atoms. The van der Waals surface area contributed by atoms with E-state index in [0.717, 1.165) is 23.9 Å². The molecule has 3 aromatic heterocycles. The van der Waals surface area contributed by atoms with Gasteiger partial charge >= 0.3 is 5.69 Å². The molecule has 2 N–H and O–H groups in total. The number of benzene rings is 1. The zero-order valence-corrected chi connectivity index (χ0v) is 14.9. The van der Waals surface area contributed by atoms with Crippen LogP contribution in [0.15, 0.2) is 35.5 Å². The molecule has 1 aliphatic rings. The number of fused-ring (bicyclic) bond motifs is 2. The Bertz CT molecular complexity index is 1290. The van der Waals surface area contributed by atoms with Gasteiger partial charge in [0.15, 0.2) is 5.65 Å². The van der Waals surface area contributed by atoms with Gasteiger partial charge in [-0.25, -0.2) is 14.8 Å². The molecule has 9 heteroatoms. The highest BCUT2D eigenvalue weighted by Gasteiger charge is 2.25. The average molecular weight is 375 g/mol. The first kappa shape index (κ1) is 16.6. The second kappa shape index (κ2) is 6.28. The Morgan fingerprint density at radius 1 is 1.21 bits per heavy atom. The second-order valence-electron chi connectivity index (χ2n) is 7.10. The van der Waals surface area contributed by atoms with Gasteiger partial charge in [-0.1, -0.05) is 0 Å². The van der Waals surface area contributed by atoms with E-state index >= 15 is 0 Å². The van der Waals surface area contributed by atoms with Gasteiger partial charge in [0.2, 0.25) is 5.95 Å². The fourth-order valence-electron chi connectivity index (χ4n) is 3.92. The van der Waals surface area contributed by atoms with Crippen LogP contribution >= 0.6 is 0 Å². The summed E-state index contributed by atoms with van der Waals surface area (Å²) in [7, 11) is 0. The van der Waals surface area contributed by atoms with Crippen LogP contribution < -0.4 is 5.69 Å². The van der Waals surface area contributed by atoms with Crippen molar-refractivity contribution in [1.29, 1.82) is 5.26 Å². The lowest BCUT2D eigenvalue weighted by Crippen LogP contribution is -2.28. The average Bonchev–Trinajstić information content (AvgIpc) is 3.27. The van der Waals surface area contributed by atoms with E-state index in [0.29, 0.717) is 35.5 Å². The molecule has 4 aromatic rings. The molecule has 1 aliphatic carbocycles. The Kier molecular flexibility index (Phi) is 3.74. The monoisotopic (exact) mass is 375 g/mol. The number of aromatic nitrogens is 6. The third-order valence-electron chi connectivity index (χ3n) is 5.37. The second-order valence-corrected chi connectivity index (χ2v) is 7.10. The van der Waals surface area contributed by atoms with E-state index in [-0.39, 0.29) is 17.8 Å². The zero-order chi connectivity index (χ0) is 19.3. The van der Waals surface area contributed by atoms with Gasteiger partial charge in [0, 0.05) is 6.04 Å². The van der Waals surface area contributed by atoms with Crippen LogP contribution in [-0.4, -0.2) is 40.3 Å². The van der Waals surface area contributed by atoms with Gasteiger partial charge in [-0.05, 0) is 43.9 Å². The van der Waals surface area contributed by atoms with Crippen molar-refractivity contribution in [2.75, 3.05) is 0 Å². The van der Waals surface area contributed by atoms with Crippen LogP contribution in [0.1, 0.15) is 37.3 Å². The van der Waals surface area contributed by atoms with Crippen molar-refractivity contribution in [2.45, 2.75) is 37.8 Å². The van der Waals surface area contributed by atoms with E-state index in [1.54, 1.807) is 39.9 Å². The van der Waals surface area contributed by atoms with Crippen LogP contribution in [0, 0.1) is 11.3 Å². The van der Waals surface area contributed by atoms with Crippen LogP contribution in [-0.2, 0) is 0 Å². The van der Waals surface area contributed by atoms with Crippen molar-refractivity contribution in [3.63, 3.8) is 0 Å². The molecule has 1 fully saturated rings. The minimum absolute atomic E-state index is 0.00266. The lowest BCUT2D eigenvalue weighted by Gasteiger charge is -2.25. The topological polar surface area (TPSA) is 125 Å². The maximum atomic E-state index is 12.5. The van der Waals surface area contributed by atoms with Crippen molar-refractivity contribution in [3.8, 4) is 12.0 Å². The van der Waals surface area contributed by atoms with Crippen molar-refractivity contribution >= 4 is 22.2 Å². The molecule has 0 saturated heterocycles. The molecule has 0 unspecified atom stereocenters. The van der Waals surface area contributed by atoms with Gasteiger partial charge in [-0.15, -0.1) is 0 Å². The molecule has 3 heterocycles. The number of imidazole rings is 2. The fraction of sp³-hybridized carbons (Fsp3) is 0.316. The molecule has 5 rings (SSSR count). The molecule has 0 atom stereocenters. The number of rotatable bonds is 2. The first-order chi connectivity index (χ1) is 13.6. The first-order valence-electron chi connectivity index (χ1n) is 9.17. The Balaban J connectivity index is 1.65. The summed E-state index contributed by atoms with van der Waals surface area (Å²) in [4.78, 5) is 28.7. The number of aliphatic hydroxyl groups excluding tert-OH is 1. The maximum absolute atomic E-state index is 12.5. The number of nitriles is 1. The highest BCUT2D eigenvalue weighted by atomic mass is 16.3. The molecule has 0 bridgehead atoms. The van der Waals surface area contributed by atoms with Crippen molar-refractivity contribution in [1.82, 2.24) is 29.1 Å². The van der Waals surface area contributed by atoms with E-state index < -0.39 is 0 Å². The summed E-state index contributed by atoms with van der Waals surface area (Å²) in [6, 6.07) is 7.35. The molecule has 9 nitrogen and oxygen atoms in total. The molecule has 0 spiro atoms. The number of nitrogens with zero attached hydrogens (tertiary/aromatic N) is 6. The smallest absolute Gasteiger partial charge is 0.327 e. The van der Waals surface area contributed by atoms with Gasteiger partial charge in [-0.2, -0.15) is 10.2 Å². The third-order valence-corrected chi connectivity index (χ3v) is 5.37. The van der Waals surface area contributed by atoms with E-state index in [9.17, 15) is 9.90 Å². The maximum Gasteiger partial charge on any atom is 0.327 e. The van der Waals surface area contributed by atoms with E-state index in [1.165, 1.54) is 0 Å². The van der Waals surface area contributed by atoms with Crippen LogP contribution in [0.2, 0.25) is 0 Å². The normalized spacial score (nSPS) is 19.9. The number of hydrogen-bond donors (Lipinski definition) is 2. The summed E-state index contributed by atoms with van der Waals surface area (Å²) in [6.07, 6.45) is 5.70. The van der Waals surface area contributed by atoms with Crippen molar-refractivity contribution in [2.24, 2.45) is 0 Å². The van der Waals surface area contributed by atoms with E-state index in [2.05, 4.69) is 26.0 Å². The Hall–Kier alpha value is -3.51. The van der Waals surface area contributed by atoms with Gasteiger partial charge in [0.25, 0.3) is 0 Å². The lowest BCUT2D eigenvalue weighted by atomic mass is 9.93. The number of hydrogen-bond acceptors (Lipinski definition) is 6. The molecule has 1 aromatic carbocycles. The summed E-state index contributed by atoms with van der Waals surface area (Å²) in [5.74, 6) is 0.383. The number of nitrogens with one attached hydrogen (secondary N) is 1. The van der Waals surface area contributed by atoms with Gasteiger partial charge in [0.05, 0.1) is 35.0 Å². The SMILES string of the molecule is N#Cc1ccc2ncn(-c3ncc4[nH]c(=O)n(C5CCC(O)CC5)c4n3)c2c1. The highest BCUT2D eigenvalue weighted by molar-refractivity contribution is 5.79. The van der Waals surface area contributed by atoms with Crippen molar-refractivity contribution in [3.05, 3.63) is 46.8 Å². The summed E-state index contributed by atoms with van der Waals surface area (Å²) < 4.78 is 3.38. The summed E-state index contributed by atoms with van der Waals surface area (Å²) >= 11 is 0. The Morgan fingerprint density at radius 3 is 2.82 bits per heavy atom. The predicted octanol–water partition coefficient (Wildman–Crippen LogP) is 1.81. The molecule has 0 amide bonds. The lowest BCUT2D eigenvalue weighted by molar-refractivity contribution is 0.111. The van der Waals surface area contributed by atoms with Crippen LogP contribution in [0.4, 0.5) is 0 Å². The molecular formula is C19H17N7O2. The Morgan fingerprint density at radius 2 is 2.04 bits per heavy atom. The number of aromatic amines is 1. The largest absolute Gasteiger partial charge is 0.393 e. The number of aliphatic hydroxyl groups is 1. The van der Waals surface area contributed by atoms with Gasteiger partial charge in [-0.3, -0.25) is 9.13 Å².